The molecule has 3 aromatic rings. The number of halogens is 2. The summed E-state index contributed by atoms with van der Waals surface area (Å²) in [6.07, 6.45) is 4.23. The van der Waals surface area contributed by atoms with Gasteiger partial charge in [0, 0.05) is 19.0 Å². The molecule has 6 nitrogen and oxygen atoms in total. The molecular weight excluding hydrogens is 337 g/mol. The quantitative estimate of drug-likeness (QED) is 0.662. The molecule has 1 unspecified atom stereocenters. The first-order chi connectivity index (χ1) is 11.1. The minimum Gasteiger partial charge on any atom is -0.379 e. The van der Waals surface area contributed by atoms with Gasteiger partial charge >= 0.3 is 0 Å². The summed E-state index contributed by atoms with van der Waals surface area (Å²) in [6.45, 7) is 3.13. The fourth-order valence-electron chi connectivity index (χ4n) is 2.85. The SMILES string of the molecule is Cc1nc(Cl)c2nc(-c3cnccc3Cl)n(C3CCOC3)c2n1. The highest BCUT2D eigenvalue weighted by Crippen LogP contribution is 2.35. The average molecular weight is 350 g/mol. The predicted molar refractivity (Wildman–Crippen MR) is 87.8 cm³/mol. The highest BCUT2D eigenvalue weighted by Gasteiger charge is 2.27. The zero-order valence-electron chi connectivity index (χ0n) is 12.3. The van der Waals surface area contributed by atoms with Gasteiger partial charge in [-0.1, -0.05) is 23.2 Å². The highest BCUT2D eigenvalue weighted by molar-refractivity contribution is 6.34. The molecule has 23 heavy (non-hydrogen) atoms. The van der Waals surface area contributed by atoms with Crippen LogP contribution in [0.4, 0.5) is 0 Å². The van der Waals surface area contributed by atoms with Gasteiger partial charge in [0.25, 0.3) is 0 Å². The molecule has 1 aliphatic heterocycles. The van der Waals surface area contributed by atoms with Crippen molar-refractivity contribution in [3.63, 3.8) is 0 Å². The second-order valence-electron chi connectivity index (χ2n) is 5.41. The van der Waals surface area contributed by atoms with Gasteiger partial charge in [0.05, 0.1) is 23.2 Å². The molecule has 1 atom stereocenters. The van der Waals surface area contributed by atoms with E-state index in [0.717, 1.165) is 12.0 Å². The van der Waals surface area contributed by atoms with E-state index < -0.39 is 0 Å². The molecule has 0 aliphatic carbocycles. The largest absolute Gasteiger partial charge is 0.379 e. The summed E-state index contributed by atoms with van der Waals surface area (Å²) < 4.78 is 7.59. The Morgan fingerprint density at radius 1 is 1.26 bits per heavy atom. The lowest BCUT2D eigenvalue weighted by atomic mass is 10.2. The van der Waals surface area contributed by atoms with Gasteiger partial charge in [0.15, 0.2) is 10.8 Å². The number of hydrogen-bond donors (Lipinski definition) is 0. The van der Waals surface area contributed by atoms with E-state index in [9.17, 15) is 0 Å². The zero-order chi connectivity index (χ0) is 16.0. The number of fused-ring (bicyclic) bond motifs is 1. The van der Waals surface area contributed by atoms with Gasteiger partial charge < -0.3 is 9.30 Å². The molecule has 118 valence electrons. The number of rotatable bonds is 2. The van der Waals surface area contributed by atoms with Crippen molar-refractivity contribution in [1.82, 2.24) is 24.5 Å². The first-order valence-electron chi connectivity index (χ1n) is 7.25. The molecule has 0 amide bonds. The zero-order valence-corrected chi connectivity index (χ0v) is 13.8. The summed E-state index contributed by atoms with van der Waals surface area (Å²) in [5.74, 6) is 1.29. The van der Waals surface area contributed by atoms with Crippen LogP contribution in [0.3, 0.4) is 0 Å². The van der Waals surface area contributed by atoms with E-state index in [0.29, 0.717) is 46.2 Å². The van der Waals surface area contributed by atoms with Crippen molar-refractivity contribution in [2.45, 2.75) is 19.4 Å². The number of ether oxygens (including phenoxy) is 1. The Balaban J connectivity index is 2.05. The normalized spacial score (nSPS) is 18.0. The molecule has 0 saturated carbocycles. The number of imidazole rings is 1. The van der Waals surface area contributed by atoms with E-state index >= 15 is 0 Å². The molecule has 1 saturated heterocycles. The standard InChI is InChI=1S/C15H13Cl2N5O/c1-8-19-13(17)12-15(20-8)22(9-3-5-23-7-9)14(21-12)10-6-18-4-2-11(10)16/h2,4,6,9H,3,5,7H2,1H3. The second-order valence-corrected chi connectivity index (χ2v) is 6.18. The van der Waals surface area contributed by atoms with Crippen molar-refractivity contribution in [3.8, 4) is 11.4 Å². The van der Waals surface area contributed by atoms with Gasteiger partial charge in [0.1, 0.15) is 17.2 Å². The van der Waals surface area contributed by atoms with Crippen LogP contribution in [-0.4, -0.2) is 37.7 Å². The lowest BCUT2D eigenvalue weighted by molar-refractivity contribution is 0.187. The number of pyridine rings is 1. The second kappa shape index (κ2) is 5.70. The minimum atomic E-state index is 0.136. The molecule has 8 heteroatoms. The monoisotopic (exact) mass is 349 g/mol. The number of nitrogens with zero attached hydrogens (tertiary/aromatic N) is 5. The molecule has 0 radical (unpaired) electrons. The maximum atomic E-state index is 6.34. The summed E-state index contributed by atoms with van der Waals surface area (Å²) in [5, 5.41) is 0.919. The maximum absolute atomic E-state index is 6.34. The number of hydrogen-bond acceptors (Lipinski definition) is 5. The third-order valence-electron chi connectivity index (χ3n) is 3.89. The Kier molecular flexibility index (Phi) is 3.67. The summed E-state index contributed by atoms with van der Waals surface area (Å²) in [5.41, 5.74) is 2.01. The topological polar surface area (TPSA) is 65.7 Å². The van der Waals surface area contributed by atoms with Crippen LogP contribution in [0.15, 0.2) is 18.5 Å². The Hall–Kier alpha value is -1.76. The summed E-state index contributed by atoms with van der Waals surface area (Å²) in [4.78, 5) is 17.6. The lowest BCUT2D eigenvalue weighted by Crippen LogP contribution is -2.11. The Bertz CT molecular complexity index is 889. The molecule has 1 fully saturated rings. The van der Waals surface area contributed by atoms with Crippen LogP contribution in [-0.2, 0) is 4.74 Å². The molecule has 0 spiro atoms. The predicted octanol–water partition coefficient (Wildman–Crippen LogP) is 3.46. The van der Waals surface area contributed by atoms with Gasteiger partial charge in [-0.15, -0.1) is 0 Å². The number of aryl methyl sites for hydroxylation is 1. The summed E-state index contributed by atoms with van der Waals surface area (Å²) >= 11 is 12.6. The van der Waals surface area contributed by atoms with Crippen LogP contribution < -0.4 is 0 Å². The van der Waals surface area contributed by atoms with Crippen molar-refractivity contribution in [2.24, 2.45) is 0 Å². The van der Waals surface area contributed by atoms with Gasteiger partial charge in [0.2, 0.25) is 0 Å². The molecule has 4 rings (SSSR count). The van der Waals surface area contributed by atoms with Crippen LogP contribution in [0, 0.1) is 6.92 Å². The van der Waals surface area contributed by atoms with Gasteiger partial charge in [-0.3, -0.25) is 4.98 Å². The fraction of sp³-hybridized carbons (Fsp3) is 0.333. The molecule has 0 bridgehead atoms. The van der Waals surface area contributed by atoms with Crippen LogP contribution >= 0.6 is 23.2 Å². The third kappa shape index (κ3) is 2.47. The first kappa shape index (κ1) is 14.8. The van der Waals surface area contributed by atoms with Gasteiger partial charge in [-0.05, 0) is 19.4 Å². The lowest BCUT2D eigenvalue weighted by Gasteiger charge is -2.15. The third-order valence-corrected chi connectivity index (χ3v) is 4.48. The molecule has 3 aromatic heterocycles. The smallest absolute Gasteiger partial charge is 0.165 e. The van der Waals surface area contributed by atoms with Crippen LogP contribution in [0.1, 0.15) is 18.3 Å². The van der Waals surface area contributed by atoms with Crippen LogP contribution in [0.25, 0.3) is 22.6 Å². The van der Waals surface area contributed by atoms with Crippen molar-refractivity contribution in [1.29, 1.82) is 0 Å². The first-order valence-corrected chi connectivity index (χ1v) is 8.00. The van der Waals surface area contributed by atoms with Gasteiger partial charge in [-0.25, -0.2) is 15.0 Å². The molecule has 1 aliphatic rings. The summed E-state index contributed by atoms with van der Waals surface area (Å²) in [6, 6.07) is 1.88. The van der Waals surface area contributed by atoms with Gasteiger partial charge in [-0.2, -0.15) is 0 Å². The van der Waals surface area contributed by atoms with Crippen LogP contribution in [0.2, 0.25) is 10.2 Å². The van der Waals surface area contributed by atoms with E-state index in [4.69, 9.17) is 27.9 Å². The van der Waals surface area contributed by atoms with Crippen molar-refractivity contribution >= 4 is 34.4 Å². The average Bonchev–Trinajstić information content (AvgIpc) is 3.14. The molecular formula is C15H13Cl2N5O. The van der Waals surface area contributed by atoms with E-state index in [2.05, 4.69) is 19.9 Å². The van der Waals surface area contributed by atoms with E-state index in [1.54, 1.807) is 18.5 Å². The Morgan fingerprint density at radius 2 is 2.13 bits per heavy atom. The number of aromatic nitrogens is 5. The van der Waals surface area contributed by atoms with E-state index in [1.165, 1.54) is 0 Å². The van der Waals surface area contributed by atoms with E-state index in [1.807, 2.05) is 11.5 Å². The molecule has 0 N–H and O–H groups in total. The Morgan fingerprint density at radius 3 is 2.87 bits per heavy atom. The van der Waals surface area contributed by atoms with Crippen LogP contribution in [0.5, 0.6) is 0 Å². The van der Waals surface area contributed by atoms with Crippen molar-refractivity contribution < 1.29 is 4.74 Å². The minimum absolute atomic E-state index is 0.136. The van der Waals surface area contributed by atoms with Crippen molar-refractivity contribution in [2.75, 3.05) is 13.2 Å². The molecule has 4 heterocycles. The van der Waals surface area contributed by atoms with E-state index in [-0.39, 0.29) is 6.04 Å². The maximum Gasteiger partial charge on any atom is 0.165 e. The summed E-state index contributed by atoms with van der Waals surface area (Å²) in [7, 11) is 0. The Labute approximate surface area is 142 Å². The van der Waals surface area contributed by atoms with Crippen molar-refractivity contribution in [3.05, 3.63) is 34.5 Å². The highest BCUT2D eigenvalue weighted by atomic mass is 35.5. The fourth-order valence-corrected chi connectivity index (χ4v) is 3.28. The molecule has 0 aromatic carbocycles.